The van der Waals surface area contributed by atoms with Crippen molar-refractivity contribution in [2.75, 3.05) is 0 Å². The molecule has 1 atom stereocenters. The average Bonchev–Trinajstić information content (AvgIpc) is 2.59. The molecule has 2 rings (SSSR count). The normalized spacial score (nSPS) is 11.5. The quantitative estimate of drug-likeness (QED) is 0.772. The van der Waals surface area contributed by atoms with Gasteiger partial charge in [-0.25, -0.2) is 9.78 Å². The second-order valence-corrected chi connectivity index (χ2v) is 5.18. The maximum Gasteiger partial charge on any atom is 0.326 e. The highest BCUT2D eigenvalue weighted by Gasteiger charge is 2.20. The Bertz CT molecular complexity index is 691. The smallest absolute Gasteiger partial charge is 0.326 e. The Labute approximate surface area is 139 Å². The number of ether oxygens (including phenoxy) is 1. The summed E-state index contributed by atoms with van der Waals surface area (Å²) < 4.78 is 5.52. The minimum atomic E-state index is -1.04. The number of hydrogen-bond acceptors (Lipinski definition) is 5. The number of hydrogen-bond donors (Lipinski definition) is 2. The predicted octanol–water partition coefficient (Wildman–Crippen LogP) is 2.64. The molecule has 1 aromatic heterocycles. The molecule has 1 unspecified atom stereocenters. The minimum absolute atomic E-state index is 0.307. The van der Waals surface area contributed by atoms with E-state index < -0.39 is 17.9 Å². The van der Waals surface area contributed by atoms with E-state index in [1.807, 2.05) is 6.92 Å². The second kappa shape index (κ2) is 8.61. The van der Waals surface area contributed by atoms with Gasteiger partial charge in [0.15, 0.2) is 0 Å². The van der Waals surface area contributed by atoms with Crippen LogP contribution in [0.15, 0.2) is 42.9 Å². The molecule has 0 aliphatic heterocycles. The van der Waals surface area contributed by atoms with Crippen molar-refractivity contribution in [3.8, 4) is 11.6 Å². The lowest BCUT2D eigenvalue weighted by Gasteiger charge is -2.14. The lowest BCUT2D eigenvalue weighted by molar-refractivity contribution is -0.139. The topological polar surface area (TPSA) is 101 Å². The molecule has 1 heterocycles. The van der Waals surface area contributed by atoms with Crippen LogP contribution in [-0.4, -0.2) is 33.0 Å². The van der Waals surface area contributed by atoms with Crippen LogP contribution in [0.2, 0.25) is 0 Å². The maximum atomic E-state index is 12.3. The van der Waals surface area contributed by atoms with E-state index in [-0.39, 0.29) is 0 Å². The summed E-state index contributed by atoms with van der Waals surface area (Å²) >= 11 is 0. The zero-order chi connectivity index (χ0) is 17.4. The van der Waals surface area contributed by atoms with Gasteiger partial charge in [0.05, 0.1) is 6.20 Å². The number of unbranched alkanes of at least 4 members (excludes halogenated alkanes) is 1. The van der Waals surface area contributed by atoms with Crippen LogP contribution < -0.4 is 10.1 Å². The number of benzene rings is 1. The van der Waals surface area contributed by atoms with Gasteiger partial charge >= 0.3 is 5.97 Å². The molecule has 0 aliphatic carbocycles. The van der Waals surface area contributed by atoms with Crippen LogP contribution in [0.1, 0.15) is 36.5 Å². The molecular weight excluding hydrogens is 310 g/mol. The third-order valence-corrected chi connectivity index (χ3v) is 3.31. The minimum Gasteiger partial charge on any atom is -0.480 e. The number of carboxylic acid groups (broad SMARTS) is 1. The van der Waals surface area contributed by atoms with Gasteiger partial charge in [0.1, 0.15) is 11.8 Å². The Morgan fingerprint density at radius 1 is 1.33 bits per heavy atom. The fourth-order valence-electron chi connectivity index (χ4n) is 2.07. The van der Waals surface area contributed by atoms with Gasteiger partial charge in [-0.15, -0.1) is 0 Å². The van der Waals surface area contributed by atoms with E-state index >= 15 is 0 Å². The van der Waals surface area contributed by atoms with Crippen LogP contribution in [0.4, 0.5) is 0 Å². The van der Waals surface area contributed by atoms with E-state index in [4.69, 9.17) is 4.74 Å². The first-order valence-corrected chi connectivity index (χ1v) is 7.67. The SMILES string of the molecule is CCCCC(NC(=O)c1cccc(Oc2cnccn2)c1)C(=O)O. The van der Waals surface area contributed by atoms with Crippen molar-refractivity contribution in [2.24, 2.45) is 0 Å². The summed E-state index contributed by atoms with van der Waals surface area (Å²) in [6, 6.07) is 5.56. The predicted molar refractivity (Wildman–Crippen MR) is 87.0 cm³/mol. The van der Waals surface area contributed by atoms with E-state index in [9.17, 15) is 14.7 Å². The molecule has 126 valence electrons. The standard InChI is InChI=1S/C17H19N3O4/c1-2-3-7-14(17(22)23)20-16(21)12-5-4-6-13(10-12)24-15-11-18-8-9-19-15/h4-6,8-11,14H,2-3,7H2,1H3,(H,20,21)(H,22,23). The van der Waals surface area contributed by atoms with Crippen molar-refractivity contribution in [3.05, 3.63) is 48.4 Å². The number of carboxylic acids is 1. The van der Waals surface area contributed by atoms with E-state index in [2.05, 4.69) is 15.3 Å². The van der Waals surface area contributed by atoms with Crippen LogP contribution in [0.5, 0.6) is 11.6 Å². The summed E-state index contributed by atoms with van der Waals surface area (Å²) in [6.45, 7) is 1.97. The zero-order valence-corrected chi connectivity index (χ0v) is 13.3. The fourth-order valence-corrected chi connectivity index (χ4v) is 2.07. The van der Waals surface area contributed by atoms with Gasteiger partial charge < -0.3 is 15.2 Å². The highest BCUT2D eigenvalue weighted by molar-refractivity contribution is 5.96. The number of carbonyl (C=O) groups excluding carboxylic acids is 1. The monoisotopic (exact) mass is 329 g/mol. The van der Waals surface area contributed by atoms with Crippen molar-refractivity contribution in [3.63, 3.8) is 0 Å². The molecule has 7 heteroatoms. The molecule has 0 bridgehead atoms. The molecule has 0 spiro atoms. The first-order chi connectivity index (χ1) is 11.6. The number of carbonyl (C=O) groups is 2. The van der Waals surface area contributed by atoms with Gasteiger partial charge in [-0.3, -0.25) is 9.78 Å². The first-order valence-electron chi connectivity index (χ1n) is 7.67. The molecule has 24 heavy (non-hydrogen) atoms. The lowest BCUT2D eigenvalue weighted by Crippen LogP contribution is -2.40. The molecule has 0 saturated carbocycles. The highest BCUT2D eigenvalue weighted by atomic mass is 16.5. The second-order valence-electron chi connectivity index (χ2n) is 5.18. The van der Waals surface area contributed by atoms with Gasteiger partial charge in [-0.05, 0) is 24.6 Å². The summed E-state index contributed by atoms with van der Waals surface area (Å²) in [4.78, 5) is 31.4. The first kappa shape index (κ1) is 17.4. The van der Waals surface area contributed by atoms with E-state index in [1.165, 1.54) is 24.7 Å². The Balaban J connectivity index is 2.06. The zero-order valence-electron chi connectivity index (χ0n) is 13.3. The van der Waals surface area contributed by atoms with Crippen molar-refractivity contribution in [1.82, 2.24) is 15.3 Å². The summed E-state index contributed by atoms with van der Waals surface area (Å²) in [5.74, 6) is -0.767. The Morgan fingerprint density at radius 3 is 2.83 bits per heavy atom. The van der Waals surface area contributed by atoms with E-state index in [1.54, 1.807) is 18.2 Å². The van der Waals surface area contributed by atoms with Crippen LogP contribution >= 0.6 is 0 Å². The van der Waals surface area contributed by atoms with Crippen LogP contribution in [0.25, 0.3) is 0 Å². The number of amides is 1. The molecule has 0 radical (unpaired) electrons. The summed E-state index contributed by atoms with van der Waals surface area (Å²) in [7, 11) is 0. The van der Waals surface area contributed by atoms with Crippen LogP contribution in [0.3, 0.4) is 0 Å². The molecule has 2 aromatic rings. The van der Waals surface area contributed by atoms with E-state index in [0.29, 0.717) is 23.6 Å². The van der Waals surface area contributed by atoms with Gasteiger partial charge in [0, 0.05) is 18.0 Å². The fraction of sp³-hybridized carbons (Fsp3) is 0.294. The molecule has 0 fully saturated rings. The lowest BCUT2D eigenvalue weighted by atomic mass is 10.1. The molecule has 7 nitrogen and oxygen atoms in total. The van der Waals surface area contributed by atoms with Gasteiger partial charge in [0.25, 0.3) is 5.91 Å². The average molecular weight is 329 g/mol. The Hall–Kier alpha value is -2.96. The van der Waals surface area contributed by atoms with Crippen molar-refractivity contribution < 1.29 is 19.4 Å². The van der Waals surface area contributed by atoms with Gasteiger partial charge in [-0.1, -0.05) is 25.8 Å². The van der Waals surface area contributed by atoms with Crippen molar-refractivity contribution in [1.29, 1.82) is 0 Å². The Morgan fingerprint density at radius 2 is 2.17 bits per heavy atom. The molecule has 2 N–H and O–H groups in total. The largest absolute Gasteiger partial charge is 0.480 e. The van der Waals surface area contributed by atoms with Crippen LogP contribution in [-0.2, 0) is 4.79 Å². The number of rotatable bonds is 8. The number of nitrogens with one attached hydrogen (secondary N) is 1. The molecule has 1 aromatic carbocycles. The molecule has 1 amide bonds. The summed E-state index contributed by atoms with van der Waals surface area (Å²) in [5.41, 5.74) is 0.319. The van der Waals surface area contributed by atoms with Gasteiger partial charge in [-0.2, -0.15) is 0 Å². The molecule has 0 aliphatic rings. The van der Waals surface area contributed by atoms with E-state index in [0.717, 1.165) is 12.8 Å². The van der Waals surface area contributed by atoms with Crippen molar-refractivity contribution >= 4 is 11.9 Å². The number of nitrogens with zero attached hydrogens (tertiary/aromatic N) is 2. The highest BCUT2D eigenvalue weighted by Crippen LogP contribution is 2.19. The van der Waals surface area contributed by atoms with Crippen LogP contribution in [0, 0.1) is 0 Å². The number of aromatic nitrogens is 2. The molecular formula is C17H19N3O4. The molecule has 0 saturated heterocycles. The summed E-state index contributed by atoms with van der Waals surface area (Å²) in [5, 5.41) is 11.7. The summed E-state index contributed by atoms with van der Waals surface area (Å²) in [6.07, 6.45) is 6.47. The van der Waals surface area contributed by atoms with Gasteiger partial charge in [0.2, 0.25) is 5.88 Å². The maximum absolute atomic E-state index is 12.3. The Kier molecular flexibility index (Phi) is 6.24. The van der Waals surface area contributed by atoms with Crippen molar-refractivity contribution in [2.45, 2.75) is 32.2 Å². The third-order valence-electron chi connectivity index (χ3n) is 3.31. The number of aliphatic carboxylic acids is 1. The third kappa shape index (κ3) is 5.05.